The lowest BCUT2D eigenvalue weighted by Gasteiger charge is -2.14. The summed E-state index contributed by atoms with van der Waals surface area (Å²) in [6.07, 6.45) is 2.47. The summed E-state index contributed by atoms with van der Waals surface area (Å²) in [4.78, 5) is 9.87. The third-order valence-electron chi connectivity index (χ3n) is 3.99. The molecule has 0 bridgehead atoms. The maximum Gasteiger partial charge on any atom is 0.159 e. The lowest BCUT2D eigenvalue weighted by molar-refractivity contribution is 1.02. The van der Waals surface area contributed by atoms with Crippen LogP contribution in [-0.2, 0) is 6.42 Å². The van der Waals surface area contributed by atoms with Crippen LogP contribution in [0.1, 0.15) is 16.0 Å². The van der Waals surface area contributed by atoms with Gasteiger partial charge in [0.1, 0.15) is 12.0 Å². The lowest BCUT2D eigenvalue weighted by atomic mass is 10.1. The van der Waals surface area contributed by atoms with Crippen molar-refractivity contribution in [3.63, 3.8) is 0 Å². The summed E-state index contributed by atoms with van der Waals surface area (Å²) in [5.74, 6) is 1.28. The van der Waals surface area contributed by atoms with E-state index in [4.69, 9.17) is 5.73 Å². The van der Waals surface area contributed by atoms with Crippen molar-refractivity contribution < 1.29 is 0 Å². The molecule has 1 aromatic carbocycles. The monoisotopic (exact) mass is 339 g/mol. The van der Waals surface area contributed by atoms with E-state index in [1.807, 2.05) is 12.1 Å². The first-order chi connectivity index (χ1) is 11.6. The van der Waals surface area contributed by atoms with Gasteiger partial charge in [-0.25, -0.2) is 9.97 Å². The van der Waals surface area contributed by atoms with Crippen molar-refractivity contribution in [2.24, 2.45) is 0 Å². The summed E-state index contributed by atoms with van der Waals surface area (Å²) >= 11 is 1.75. The topological polar surface area (TPSA) is 75.9 Å². The second-order valence-corrected chi connectivity index (χ2v) is 6.65. The van der Waals surface area contributed by atoms with E-state index in [0.29, 0.717) is 17.3 Å². The van der Waals surface area contributed by atoms with E-state index in [2.05, 4.69) is 58.0 Å². The quantitative estimate of drug-likeness (QED) is 0.629. The molecule has 0 unspecified atom stereocenters. The van der Waals surface area contributed by atoms with Crippen LogP contribution in [0.25, 0.3) is 0 Å². The van der Waals surface area contributed by atoms with Crippen molar-refractivity contribution in [2.75, 3.05) is 22.9 Å². The highest BCUT2D eigenvalue weighted by atomic mass is 32.1. The number of nitrogens with two attached hydrogens (primary N) is 1. The second-order valence-electron chi connectivity index (χ2n) is 5.61. The van der Waals surface area contributed by atoms with Crippen molar-refractivity contribution in [2.45, 2.75) is 20.3 Å². The first-order valence-electron chi connectivity index (χ1n) is 7.85. The molecule has 0 aliphatic carbocycles. The van der Waals surface area contributed by atoms with Crippen LogP contribution < -0.4 is 16.4 Å². The Hall–Kier alpha value is -2.60. The summed E-state index contributed by atoms with van der Waals surface area (Å²) in [7, 11) is 0. The van der Waals surface area contributed by atoms with E-state index < -0.39 is 0 Å². The minimum absolute atomic E-state index is 0.532. The maximum atomic E-state index is 6.23. The molecule has 2 aromatic heterocycles. The largest absolute Gasteiger partial charge is 0.393 e. The first-order valence-corrected chi connectivity index (χ1v) is 8.73. The van der Waals surface area contributed by atoms with Crippen LogP contribution in [0, 0.1) is 13.8 Å². The molecule has 2 heterocycles. The molecule has 124 valence electrons. The third-order valence-corrected chi connectivity index (χ3v) is 4.92. The molecule has 24 heavy (non-hydrogen) atoms. The van der Waals surface area contributed by atoms with Gasteiger partial charge in [0, 0.05) is 17.1 Å². The van der Waals surface area contributed by atoms with Gasteiger partial charge >= 0.3 is 0 Å². The molecule has 0 aliphatic heterocycles. The molecule has 0 saturated heterocycles. The number of rotatable bonds is 6. The van der Waals surface area contributed by atoms with E-state index in [1.165, 1.54) is 22.3 Å². The average Bonchev–Trinajstić information content (AvgIpc) is 3.08. The zero-order chi connectivity index (χ0) is 16.9. The van der Waals surface area contributed by atoms with Crippen LogP contribution in [0.15, 0.2) is 42.0 Å². The minimum atomic E-state index is 0.532. The van der Waals surface area contributed by atoms with Crippen molar-refractivity contribution in [1.82, 2.24) is 9.97 Å². The fourth-order valence-corrected chi connectivity index (χ4v) is 3.12. The van der Waals surface area contributed by atoms with Gasteiger partial charge in [0.15, 0.2) is 11.6 Å². The molecule has 6 heteroatoms. The SMILES string of the molecule is Cc1cccc(Nc2ncnc(NCCc3cccs3)c2N)c1C. The van der Waals surface area contributed by atoms with E-state index in [-0.39, 0.29) is 0 Å². The normalized spacial score (nSPS) is 10.6. The molecule has 0 radical (unpaired) electrons. The number of nitrogens with one attached hydrogen (secondary N) is 2. The lowest BCUT2D eigenvalue weighted by Crippen LogP contribution is -2.10. The number of thiophene rings is 1. The second kappa shape index (κ2) is 7.31. The number of aromatic nitrogens is 2. The van der Waals surface area contributed by atoms with Crippen LogP contribution in [-0.4, -0.2) is 16.5 Å². The molecule has 3 aromatic rings. The average molecular weight is 339 g/mol. The van der Waals surface area contributed by atoms with Gasteiger partial charge in [0.05, 0.1) is 0 Å². The van der Waals surface area contributed by atoms with Crippen LogP contribution >= 0.6 is 11.3 Å². The molecule has 0 spiro atoms. The number of hydrogen-bond acceptors (Lipinski definition) is 6. The van der Waals surface area contributed by atoms with E-state index in [0.717, 1.165) is 18.7 Å². The Morgan fingerprint density at radius 2 is 1.92 bits per heavy atom. The van der Waals surface area contributed by atoms with Crippen LogP contribution in [0.5, 0.6) is 0 Å². The van der Waals surface area contributed by atoms with Gasteiger partial charge in [-0.05, 0) is 48.9 Å². The zero-order valence-electron chi connectivity index (χ0n) is 13.8. The Bertz CT molecular complexity index is 814. The molecule has 5 nitrogen and oxygen atoms in total. The molecule has 3 rings (SSSR count). The Balaban J connectivity index is 1.72. The van der Waals surface area contributed by atoms with Gasteiger partial charge in [0.25, 0.3) is 0 Å². The smallest absolute Gasteiger partial charge is 0.159 e. The molecular weight excluding hydrogens is 318 g/mol. The third kappa shape index (κ3) is 3.65. The maximum absolute atomic E-state index is 6.23. The molecular formula is C18H21N5S. The van der Waals surface area contributed by atoms with Gasteiger partial charge in [0.2, 0.25) is 0 Å². The number of nitrogen functional groups attached to an aromatic ring is 1. The van der Waals surface area contributed by atoms with Crippen molar-refractivity contribution in [1.29, 1.82) is 0 Å². The fraction of sp³-hybridized carbons (Fsp3) is 0.222. The predicted octanol–water partition coefficient (Wildman–Crippen LogP) is 4.14. The Morgan fingerprint density at radius 3 is 2.71 bits per heavy atom. The summed E-state index contributed by atoms with van der Waals surface area (Å²) in [6.45, 7) is 4.95. The van der Waals surface area contributed by atoms with Gasteiger partial charge in [-0.2, -0.15) is 0 Å². The zero-order valence-corrected chi connectivity index (χ0v) is 14.7. The molecule has 0 atom stereocenters. The molecule has 0 saturated carbocycles. The summed E-state index contributed by atoms with van der Waals surface area (Å²) in [5, 5.41) is 8.69. The van der Waals surface area contributed by atoms with Crippen molar-refractivity contribution >= 4 is 34.3 Å². The highest BCUT2D eigenvalue weighted by Crippen LogP contribution is 2.28. The Kier molecular flexibility index (Phi) is 4.96. The first kappa shape index (κ1) is 16.3. The summed E-state index contributed by atoms with van der Waals surface area (Å²) in [5.41, 5.74) is 10.2. The Morgan fingerprint density at radius 1 is 1.08 bits per heavy atom. The highest BCUT2D eigenvalue weighted by molar-refractivity contribution is 7.09. The van der Waals surface area contributed by atoms with Gasteiger partial charge in [-0.1, -0.05) is 18.2 Å². The number of anilines is 4. The molecule has 4 N–H and O–H groups in total. The number of benzene rings is 1. The van der Waals surface area contributed by atoms with Gasteiger partial charge < -0.3 is 16.4 Å². The predicted molar refractivity (Wildman–Crippen MR) is 102 cm³/mol. The van der Waals surface area contributed by atoms with Crippen LogP contribution in [0.3, 0.4) is 0 Å². The fourth-order valence-electron chi connectivity index (χ4n) is 2.41. The standard InChI is InChI=1S/C18H21N5S/c1-12-5-3-7-15(13(12)2)23-18-16(19)17(21-11-22-18)20-9-8-14-6-4-10-24-14/h3-7,10-11H,8-9,19H2,1-2H3,(H2,20,21,22,23). The van der Waals surface area contributed by atoms with Crippen LogP contribution in [0.4, 0.5) is 23.0 Å². The number of hydrogen-bond donors (Lipinski definition) is 3. The van der Waals surface area contributed by atoms with E-state index in [1.54, 1.807) is 11.3 Å². The molecule has 0 fully saturated rings. The van der Waals surface area contributed by atoms with Crippen molar-refractivity contribution in [3.05, 3.63) is 58.0 Å². The summed E-state index contributed by atoms with van der Waals surface area (Å²) < 4.78 is 0. The van der Waals surface area contributed by atoms with Crippen LogP contribution in [0.2, 0.25) is 0 Å². The van der Waals surface area contributed by atoms with Crippen molar-refractivity contribution in [3.8, 4) is 0 Å². The van der Waals surface area contributed by atoms with Gasteiger partial charge in [-0.3, -0.25) is 0 Å². The minimum Gasteiger partial charge on any atom is -0.393 e. The number of aryl methyl sites for hydroxylation is 1. The van der Waals surface area contributed by atoms with E-state index >= 15 is 0 Å². The summed E-state index contributed by atoms with van der Waals surface area (Å²) in [6, 6.07) is 10.3. The Labute approximate surface area is 146 Å². The van der Waals surface area contributed by atoms with E-state index in [9.17, 15) is 0 Å². The highest BCUT2D eigenvalue weighted by Gasteiger charge is 2.09. The molecule has 0 amide bonds. The number of nitrogens with zero attached hydrogens (tertiary/aromatic N) is 2. The van der Waals surface area contributed by atoms with Gasteiger partial charge in [-0.15, -0.1) is 11.3 Å². The molecule has 0 aliphatic rings.